The molecular formula is C39H58F2. The van der Waals surface area contributed by atoms with Crippen LogP contribution in [0.5, 0.6) is 0 Å². The maximum atomic E-state index is 15.3. The number of halogens is 2. The largest absolute Gasteiger partial charge is 0.251 e. The van der Waals surface area contributed by atoms with Crippen LogP contribution in [0.2, 0.25) is 0 Å². The Labute approximate surface area is 251 Å². The maximum Gasteiger partial charge on any atom is 0.131 e. The van der Waals surface area contributed by atoms with E-state index in [4.69, 9.17) is 0 Å². The minimum atomic E-state index is -0.169. The smallest absolute Gasteiger partial charge is 0.131 e. The summed E-state index contributed by atoms with van der Waals surface area (Å²) in [5, 5.41) is 0. The second kappa shape index (κ2) is 18.1. The molecule has 2 aliphatic carbocycles. The third-order valence-electron chi connectivity index (χ3n) is 10.6. The summed E-state index contributed by atoms with van der Waals surface area (Å²) in [6.45, 7) is 2.12. The van der Waals surface area contributed by atoms with Crippen LogP contribution in [0.3, 0.4) is 0 Å². The zero-order valence-electron chi connectivity index (χ0n) is 26.2. The van der Waals surface area contributed by atoms with Crippen molar-refractivity contribution in [2.75, 3.05) is 6.67 Å². The minimum absolute atomic E-state index is 0.0687. The molecule has 2 saturated carbocycles. The Hall–Kier alpha value is -1.70. The van der Waals surface area contributed by atoms with Crippen LogP contribution in [0.25, 0.3) is 11.1 Å². The van der Waals surface area contributed by atoms with Crippen molar-refractivity contribution in [1.29, 1.82) is 0 Å². The van der Waals surface area contributed by atoms with E-state index in [2.05, 4.69) is 37.3 Å². The van der Waals surface area contributed by atoms with E-state index in [1.807, 2.05) is 12.1 Å². The molecule has 0 spiro atoms. The molecule has 2 fully saturated rings. The second-order valence-corrected chi connectivity index (χ2v) is 13.6. The van der Waals surface area contributed by atoms with Crippen molar-refractivity contribution in [2.24, 2.45) is 11.8 Å². The Kier molecular flexibility index (Phi) is 14.2. The van der Waals surface area contributed by atoms with Crippen LogP contribution in [0.15, 0.2) is 42.5 Å². The van der Waals surface area contributed by atoms with Crippen LogP contribution in [0.4, 0.5) is 8.78 Å². The molecule has 0 amide bonds. The van der Waals surface area contributed by atoms with Gasteiger partial charge in [0, 0.05) is 5.56 Å². The predicted molar refractivity (Wildman–Crippen MR) is 173 cm³/mol. The fourth-order valence-electron chi connectivity index (χ4n) is 7.79. The predicted octanol–water partition coefficient (Wildman–Crippen LogP) is 13.1. The third kappa shape index (κ3) is 10.5. The molecule has 4 rings (SSSR count). The van der Waals surface area contributed by atoms with Crippen LogP contribution in [-0.4, -0.2) is 6.67 Å². The first-order valence-electron chi connectivity index (χ1n) is 17.6. The van der Waals surface area contributed by atoms with Crippen molar-refractivity contribution in [2.45, 2.75) is 154 Å². The van der Waals surface area contributed by atoms with Crippen molar-refractivity contribution >= 4 is 0 Å². The van der Waals surface area contributed by atoms with Gasteiger partial charge >= 0.3 is 0 Å². The molecule has 2 aliphatic rings. The van der Waals surface area contributed by atoms with E-state index in [-0.39, 0.29) is 12.5 Å². The summed E-state index contributed by atoms with van der Waals surface area (Å²) in [5.74, 6) is 2.86. The highest BCUT2D eigenvalue weighted by Crippen LogP contribution is 2.40. The molecular weight excluding hydrogens is 506 g/mol. The van der Waals surface area contributed by atoms with Crippen LogP contribution in [-0.2, 0) is 0 Å². The van der Waals surface area contributed by atoms with Crippen LogP contribution < -0.4 is 0 Å². The van der Waals surface area contributed by atoms with E-state index in [1.165, 1.54) is 133 Å². The molecule has 2 aromatic rings. The van der Waals surface area contributed by atoms with Gasteiger partial charge < -0.3 is 0 Å². The number of benzene rings is 2. The van der Waals surface area contributed by atoms with Crippen molar-refractivity contribution in [3.05, 3.63) is 59.4 Å². The Morgan fingerprint density at radius 2 is 1.05 bits per heavy atom. The van der Waals surface area contributed by atoms with Gasteiger partial charge in [-0.1, -0.05) is 120 Å². The van der Waals surface area contributed by atoms with Crippen molar-refractivity contribution in [3.8, 4) is 11.1 Å². The van der Waals surface area contributed by atoms with Crippen LogP contribution in [0.1, 0.15) is 165 Å². The number of hydrogen-bond donors (Lipinski definition) is 0. The summed E-state index contributed by atoms with van der Waals surface area (Å²) >= 11 is 0. The molecule has 0 unspecified atom stereocenters. The van der Waals surface area contributed by atoms with Gasteiger partial charge in [0.15, 0.2) is 0 Å². The highest BCUT2D eigenvalue weighted by Gasteiger charge is 2.24. The lowest BCUT2D eigenvalue weighted by Gasteiger charge is -2.29. The normalized spacial score (nSPS) is 23.1. The first-order chi connectivity index (χ1) is 20.2. The summed E-state index contributed by atoms with van der Waals surface area (Å²) in [6.07, 6.45) is 26.9. The molecule has 41 heavy (non-hydrogen) atoms. The SMILES string of the molecule is CCCCCCCCC1CCC(c2ccc(-c3ccc(C4CCC(CCCCCCCF)CC4)cc3F)cc2)CC1. The average molecular weight is 565 g/mol. The number of hydrogen-bond acceptors (Lipinski definition) is 0. The Morgan fingerprint density at radius 3 is 1.59 bits per heavy atom. The highest BCUT2D eigenvalue weighted by atomic mass is 19.1. The molecule has 0 aromatic heterocycles. The Bertz CT molecular complexity index is 964. The standard InChI is InChI=1S/C39H58F2/c1-2-3-4-5-7-10-13-31-15-19-33(20-16-31)34-23-25-36(26-24-34)38-28-27-37(30-39(38)41)35-21-17-32(18-22-35)14-11-8-6-9-12-29-40/h23-28,30-33,35H,2-22,29H2,1H3. The van der Waals surface area contributed by atoms with Gasteiger partial charge in [-0.15, -0.1) is 0 Å². The molecule has 0 atom stereocenters. The number of unbranched alkanes of at least 4 members (excludes halogenated alkanes) is 9. The molecule has 0 bridgehead atoms. The molecule has 0 radical (unpaired) electrons. The van der Waals surface area contributed by atoms with Crippen molar-refractivity contribution in [1.82, 2.24) is 0 Å². The first kappa shape index (κ1) is 32.2. The van der Waals surface area contributed by atoms with Gasteiger partial charge in [-0.3, -0.25) is 4.39 Å². The molecule has 0 heterocycles. The van der Waals surface area contributed by atoms with Crippen molar-refractivity contribution < 1.29 is 8.78 Å². The van der Waals surface area contributed by atoms with Gasteiger partial charge in [0.05, 0.1) is 6.67 Å². The van der Waals surface area contributed by atoms with E-state index in [0.717, 1.165) is 35.8 Å². The second-order valence-electron chi connectivity index (χ2n) is 13.6. The third-order valence-corrected chi connectivity index (χ3v) is 10.6. The first-order valence-corrected chi connectivity index (χ1v) is 17.6. The lowest BCUT2D eigenvalue weighted by Crippen LogP contribution is -2.13. The fourth-order valence-corrected chi connectivity index (χ4v) is 7.79. The lowest BCUT2D eigenvalue weighted by molar-refractivity contribution is 0.301. The van der Waals surface area contributed by atoms with Gasteiger partial charge in [0.25, 0.3) is 0 Å². The van der Waals surface area contributed by atoms with Gasteiger partial charge in [0.1, 0.15) is 5.82 Å². The monoisotopic (exact) mass is 564 g/mol. The van der Waals surface area contributed by atoms with Crippen molar-refractivity contribution in [3.63, 3.8) is 0 Å². The van der Waals surface area contributed by atoms with E-state index in [9.17, 15) is 4.39 Å². The molecule has 0 N–H and O–H groups in total. The molecule has 0 nitrogen and oxygen atoms in total. The topological polar surface area (TPSA) is 0 Å². The lowest BCUT2D eigenvalue weighted by atomic mass is 9.76. The van der Waals surface area contributed by atoms with Crippen LogP contribution >= 0.6 is 0 Å². The summed E-state index contributed by atoms with van der Waals surface area (Å²) < 4.78 is 27.5. The number of alkyl halides is 1. The summed E-state index contributed by atoms with van der Waals surface area (Å²) in [6, 6.07) is 14.9. The fraction of sp³-hybridized carbons (Fsp3) is 0.692. The Morgan fingerprint density at radius 1 is 0.561 bits per heavy atom. The zero-order valence-corrected chi connectivity index (χ0v) is 26.2. The number of rotatable bonds is 17. The quantitative estimate of drug-likeness (QED) is 0.168. The van der Waals surface area contributed by atoms with E-state index < -0.39 is 0 Å². The van der Waals surface area contributed by atoms with Gasteiger partial charge in [0.2, 0.25) is 0 Å². The summed E-state index contributed by atoms with van der Waals surface area (Å²) in [5.41, 5.74) is 4.37. The highest BCUT2D eigenvalue weighted by molar-refractivity contribution is 5.65. The van der Waals surface area contributed by atoms with Gasteiger partial charge in [-0.25, -0.2) is 4.39 Å². The zero-order chi connectivity index (χ0) is 28.7. The van der Waals surface area contributed by atoms with Gasteiger partial charge in [-0.2, -0.15) is 0 Å². The summed E-state index contributed by atoms with van der Waals surface area (Å²) in [7, 11) is 0. The molecule has 2 aromatic carbocycles. The molecule has 0 saturated heterocycles. The molecule has 0 aliphatic heterocycles. The van der Waals surface area contributed by atoms with E-state index in [0.29, 0.717) is 11.8 Å². The van der Waals surface area contributed by atoms with Gasteiger partial charge in [-0.05, 0) is 104 Å². The summed E-state index contributed by atoms with van der Waals surface area (Å²) in [4.78, 5) is 0. The molecule has 2 heteroatoms. The van der Waals surface area contributed by atoms with Crippen LogP contribution in [0, 0.1) is 17.7 Å². The maximum absolute atomic E-state index is 15.3. The average Bonchev–Trinajstić information content (AvgIpc) is 3.01. The molecule has 228 valence electrons. The Balaban J connectivity index is 1.19. The van der Waals surface area contributed by atoms with E-state index >= 15 is 4.39 Å². The van der Waals surface area contributed by atoms with E-state index in [1.54, 1.807) is 0 Å². The minimum Gasteiger partial charge on any atom is -0.251 e.